The van der Waals surface area contributed by atoms with Crippen molar-refractivity contribution in [3.05, 3.63) is 86.0 Å². The van der Waals surface area contributed by atoms with Crippen molar-refractivity contribution in [2.75, 3.05) is 7.11 Å². The number of methoxy groups -OCH3 is 1. The van der Waals surface area contributed by atoms with Crippen LogP contribution in [-0.4, -0.2) is 45.0 Å². The average molecular weight is 483 g/mol. The van der Waals surface area contributed by atoms with Crippen LogP contribution in [0.15, 0.2) is 64.5 Å². The highest BCUT2D eigenvalue weighted by Gasteiger charge is 2.21. The van der Waals surface area contributed by atoms with Gasteiger partial charge in [0.15, 0.2) is 10.8 Å². The van der Waals surface area contributed by atoms with Crippen molar-refractivity contribution in [2.24, 2.45) is 4.99 Å². The lowest BCUT2D eigenvalue weighted by atomic mass is 10.1. The molecule has 2 aromatic carbocycles. The van der Waals surface area contributed by atoms with E-state index in [9.17, 15) is 14.7 Å². The average Bonchev–Trinajstić information content (AvgIpc) is 3.21. The van der Waals surface area contributed by atoms with E-state index in [1.54, 1.807) is 30.5 Å². The summed E-state index contributed by atoms with van der Waals surface area (Å²) in [5.74, 6) is -0.983. The number of para-hydroxylation sites is 1. The van der Waals surface area contributed by atoms with Gasteiger partial charge in [-0.25, -0.2) is 4.79 Å². The molecule has 0 saturated heterocycles. The first-order valence-electron chi connectivity index (χ1n) is 9.89. The highest BCUT2D eigenvalue weighted by molar-refractivity contribution is 7.71. The van der Waals surface area contributed by atoms with Crippen molar-refractivity contribution in [3.63, 3.8) is 0 Å². The number of rotatable bonds is 6. The maximum Gasteiger partial charge on any atom is 0.330 e. The first kappa shape index (κ1) is 22.5. The van der Waals surface area contributed by atoms with Crippen LogP contribution < -0.4 is 5.56 Å². The number of aromatic amines is 2. The van der Waals surface area contributed by atoms with Crippen LogP contribution in [0, 0.1) is 4.77 Å². The molecule has 2 heterocycles. The standard InChI is InChI=1S/C23H19ClN4O4S/c1-32-22(31)19(10-13-11-25-18-5-3-2-4-16(13)18)26-12-17-20(29)27-23(33)28(21(17)30)15-8-6-14(24)7-9-15/h2-9,11-12,19,25,30H,10H2,1H3,(H,27,29,33). The van der Waals surface area contributed by atoms with Gasteiger partial charge in [-0.15, -0.1) is 0 Å². The van der Waals surface area contributed by atoms with Gasteiger partial charge in [0.25, 0.3) is 5.56 Å². The number of fused-ring (bicyclic) bond motifs is 1. The number of benzene rings is 2. The molecule has 0 amide bonds. The molecule has 0 saturated carbocycles. The minimum atomic E-state index is -0.930. The number of hydrogen-bond acceptors (Lipinski definition) is 6. The van der Waals surface area contributed by atoms with E-state index in [4.69, 9.17) is 28.6 Å². The Balaban J connectivity index is 1.72. The van der Waals surface area contributed by atoms with Crippen LogP contribution in [0.4, 0.5) is 0 Å². The van der Waals surface area contributed by atoms with Crippen molar-refractivity contribution in [1.82, 2.24) is 14.5 Å². The third-order valence-corrected chi connectivity index (χ3v) is 5.69. The molecule has 0 aliphatic heterocycles. The lowest BCUT2D eigenvalue weighted by molar-refractivity contribution is -0.142. The molecule has 1 unspecified atom stereocenters. The fourth-order valence-corrected chi connectivity index (χ4v) is 3.90. The summed E-state index contributed by atoms with van der Waals surface area (Å²) in [7, 11) is 1.27. The molecule has 3 N–H and O–H groups in total. The summed E-state index contributed by atoms with van der Waals surface area (Å²) >= 11 is 11.1. The zero-order valence-corrected chi connectivity index (χ0v) is 19.0. The van der Waals surface area contributed by atoms with Gasteiger partial charge in [0, 0.05) is 34.8 Å². The number of carbonyl (C=O) groups excluding carboxylic acids is 1. The molecule has 8 nitrogen and oxygen atoms in total. The van der Waals surface area contributed by atoms with E-state index in [1.807, 2.05) is 24.3 Å². The van der Waals surface area contributed by atoms with Gasteiger partial charge in [-0.2, -0.15) is 0 Å². The summed E-state index contributed by atoms with van der Waals surface area (Å²) in [5, 5.41) is 12.3. The van der Waals surface area contributed by atoms with Gasteiger partial charge in [-0.3, -0.25) is 19.3 Å². The summed E-state index contributed by atoms with van der Waals surface area (Å²) in [6, 6.07) is 13.3. The SMILES string of the molecule is COC(=O)C(Cc1c[nH]c2ccccc12)N=Cc1c(O)n(-c2ccc(Cl)cc2)c(=S)[nH]c1=O. The summed E-state index contributed by atoms with van der Waals surface area (Å²) < 4.78 is 6.18. The van der Waals surface area contributed by atoms with Gasteiger partial charge in [0.2, 0.25) is 5.88 Å². The van der Waals surface area contributed by atoms with E-state index in [1.165, 1.54) is 11.7 Å². The van der Waals surface area contributed by atoms with Crippen molar-refractivity contribution in [2.45, 2.75) is 12.5 Å². The highest BCUT2D eigenvalue weighted by atomic mass is 35.5. The van der Waals surface area contributed by atoms with Crippen LogP contribution in [0.3, 0.4) is 0 Å². The summed E-state index contributed by atoms with van der Waals surface area (Å²) in [5.41, 5.74) is 1.51. The van der Waals surface area contributed by atoms with Gasteiger partial charge < -0.3 is 14.8 Å². The molecule has 2 aromatic heterocycles. The fourth-order valence-electron chi connectivity index (χ4n) is 3.49. The lowest BCUT2D eigenvalue weighted by Gasteiger charge is -2.12. The smallest absolute Gasteiger partial charge is 0.330 e. The molecule has 0 bridgehead atoms. The summed E-state index contributed by atoms with van der Waals surface area (Å²) in [6.07, 6.45) is 3.20. The number of nitrogens with zero attached hydrogens (tertiary/aromatic N) is 2. The van der Waals surface area contributed by atoms with Crippen LogP contribution in [0.2, 0.25) is 5.02 Å². The highest BCUT2D eigenvalue weighted by Crippen LogP contribution is 2.22. The first-order chi connectivity index (χ1) is 15.9. The van der Waals surface area contributed by atoms with E-state index >= 15 is 0 Å². The molecule has 0 radical (unpaired) electrons. The Bertz CT molecular complexity index is 1470. The normalized spacial score (nSPS) is 12.3. The van der Waals surface area contributed by atoms with Gasteiger partial charge in [-0.1, -0.05) is 29.8 Å². The first-order valence-corrected chi connectivity index (χ1v) is 10.7. The van der Waals surface area contributed by atoms with Crippen molar-refractivity contribution >= 4 is 46.9 Å². The molecule has 0 aliphatic rings. The van der Waals surface area contributed by atoms with Gasteiger partial charge in [0.05, 0.1) is 12.8 Å². The number of nitrogens with one attached hydrogen (secondary N) is 2. The van der Waals surface area contributed by atoms with Gasteiger partial charge in [-0.05, 0) is 48.1 Å². The second-order valence-electron chi connectivity index (χ2n) is 7.19. The second kappa shape index (κ2) is 9.43. The molecular formula is C23H19ClN4O4S. The van der Waals surface area contributed by atoms with Crippen molar-refractivity contribution in [1.29, 1.82) is 0 Å². The van der Waals surface area contributed by atoms with E-state index in [0.717, 1.165) is 22.7 Å². The minimum absolute atomic E-state index is 0.000262. The number of hydrogen-bond donors (Lipinski definition) is 3. The maximum atomic E-state index is 12.5. The molecule has 0 aliphatic carbocycles. The number of ether oxygens (including phenoxy) is 1. The molecule has 0 spiro atoms. The molecule has 33 heavy (non-hydrogen) atoms. The van der Waals surface area contributed by atoms with Crippen molar-refractivity contribution in [3.8, 4) is 11.6 Å². The monoisotopic (exact) mass is 482 g/mol. The maximum absolute atomic E-state index is 12.5. The fraction of sp³-hybridized carbons (Fsp3) is 0.130. The molecule has 168 valence electrons. The van der Waals surface area contributed by atoms with E-state index in [2.05, 4.69) is 15.0 Å². The number of aromatic hydroxyl groups is 1. The number of esters is 1. The number of H-pyrrole nitrogens is 2. The minimum Gasteiger partial charge on any atom is -0.494 e. The number of aromatic nitrogens is 3. The summed E-state index contributed by atoms with van der Waals surface area (Å²) in [6.45, 7) is 0. The number of halogens is 1. The van der Waals surface area contributed by atoms with Crippen LogP contribution in [0.5, 0.6) is 5.88 Å². The zero-order valence-electron chi connectivity index (χ0n) is 17.4. The van der Waals surface area contributed by atoms with Gasteiger partial charge in [0.1, 0.15) is 5.56 Å². The third-order valence-electron chi connectivity index (χ3n) is 5.15. The Hall–Kier alpha value is -3.69. The lowest BCUT2D eigenvalue weighted by Crippen LogP contribution is -2.24. The van der Waals surface area contributed by atoms with E-state index in [0.29, 0.717) is 10.7 Å². The van der Waals surface area contributed by atoms with Crippen molar-refractivity contribution < 1.29 is 14.6 Å². The molecule has 4 rings (SSSR count). The largest absolute Gasteiger partial charge is 0.494 e. The molecule has 10 heteroatoms. The summed E-state index contributed by atoms with van der Waals surface area (Å²) in [4.78, 5) is 34.9. The van der Waals surface area contributed by atoms with Crippen LogP contribution >= 0.6 is 23.8 Å². The molecule has 1 atom stereocenters. The predicted molar refractivity (Wildman–Crippen MR) is 129 cm³/mol. The Labute approximate surface area is 198 Å². The Morgan fingerprint density at radius 3 is 2.73 bits per heavy atom. The molecule has 0 fully saturated rings. The van der Waals surface area contributed by atoms with Gasteiger partial charge >= 0.3 is 5.97 Å². The predicted octanol–water partition coefficient (Wildman–Crippen LogP) is 3.94. The number of carbonyl (C=O) groups is 1. The van der Waals surface area contributed by atoms with Crippen LogP contribution in [-0.2, 0) is 16.0 Å². The Morgan fingerprint density at radius 1 is 1.27 bits per heavy atom. The zero-order chi connectivity index (χ0) is 23.5. The quantitative estimate of drug-likeness (QED) is 0.219. The van der Waals surface area contributed by atoms with Crippen LogP contribution in [0.25, 0.3) is 16.6 Å². The Kier molecular flexibility index (Phi) is 6.43. The second-order valence-corrected chi connectivity index (χ2v) is 8.01. The molecule has 4 aromatic rings. The third kappa shape index (κ3) is 4.59. The molecular weight excluding hydrogens is 464 g/mol. The topological polar surface area (TPSA) is 112 Å². The van der Waals surface area contributed by atoms with E-state index in [-0.39, 0.29) is 16.8 Å². The number of aliphatic imine (C=N–C) groups is 1. The van der Waals surface area contributed by atoms with E-state index < -0.39 is 23.5 Å². The Morgan fingerprint density at radius 2 is 2.00 bits per heavy atom. The van der Waals surface area contributed by atoms with Crippen LogP contribution in [0.1, 0.15) is 11.1 Å².